The third-order valence-corrected chi connectivity index (χ3v) is 4.20. The Kier molecular flexibility index (Phi) is 3.37. The van der Waals surface area contributed by atoms with Gasteiger partial charge in [0.05, 0.1) is 24.5 Å². The average Bonchev–Trinajstić information content (AvgIpc) is 3.05. The maximum Gasteiger partial charge on any atom is 0.121 e. The van der Waals surface area contributed by atoms with Crippen molar-refractivity contribution in [3.05, 3.63) is 17.5 Å². The highest BCUT2D eigenvalue weighted by Gasteiger charge is 2.27. The highest BCUT2D eigenvalue weighted by molar-refractivity contribution is 5.14. The minimum Gasteiger partial charge on any atom is -0.393 e. The molecule has 0 bridgehead atoms. The Morgan fingerprint density at radius 3 is 2.83 bits per heavy atom. The van der Waals surface area contributed by atoms with Gasteiger partial charge in [-0.25, -0.2) is 0 Å². The lowest BCUT2D eigenvalue weighted by Crippen LogP contribution is -2.39. The summed E-state index contributed by atoms with van der Waals surface area (Å²) in [7, 11) is 0. The average molecular weight is 251 g/mol. The summed E-state index contributed by atoms with van der Waals surface area (Å²) >= 11 is 0. The Morgan fingerprint density at radius 2 is 2.11 bits per heavy atom. The van der Waals surface area contributed by atoms with Crippen molar-refractivity contribution in [1.29, 1.82) is 0 Å². The lowest BCUT2D eigenvalue weighted by molar-refractivity contribution is 0.0913. The molecule has 1 aliphatic carbocycles. The van der Waals surface area contributed by atoms with Gasteiger partial charge in [0.15, 0.2) is 0 Å². The van der Waals surface area contributed by atoms with Gasteiger partial charge in [-0.05, 0) is 18.9 Å². The first-order chi connectivity index (χ1) is 8.78. The van der Waals surface area contributed by atoms with Gasteiger partial charge < -0.3 is 10.2 Å². The van der Waals surface area contributed by atoms with Gasteiger partial charge in [-0.15, -0.1) is 0 Å². The summed E-state index contributed by atoms with van der Waals surface area (Å²) in [5.74, 6) is 0. The molecule has 3 rings (SSSR count). The fraction of sp³-hybridized carbons (Fsp3) is 0.769. The van der Waals surface area contributed by atoms with Gasteiger partial charge in [-0.2, -0.15) is 5.10 Å². The highest BCUT2D eigenvalue weighted by Crippen LogP contribution is 2.27. The zero-order valence-corrected chi connectivity index (χ0v) is 10.6. The number of rotatable bonds is 3. The predicted octanol–water partition coefficient (Wildman–Crippen LogP) is 0.667. The molecule has 18 heavy (non-hydrogen) atoms. The van der Waals surface area contributed by atoms with E-state index in [9.17, 15) is 5.11 Å². The van der Waals surface area contributed by atoms with E-state index in [1.165, 1.54) is 25.7 Å². The molecule has 1 aliphatic heterocycles. The van der Waals surface area contributed by atoms with Gasteiger partial charge >= 0.3 is 0 Å². The van der Waals surface area contributed by atoms with Crippen molar-refractivity contribution in [3.63, 3.8) is 0 Å². The zero-order valence-electron chi connectivity index (χ0n) is 10.6. The molecule has 2 heterocycles. The number of fused-ring (bicyclic) bond motifs is 1. The van der Waals surface area contributed by atoms with Crippen molar-refractivity contribution in [2.75, 3.05) is 13.2 Å². The van der Waals surface area contributed by atoms with E-state index in [-0.39, 0.29) is 6.61 Å². The fourth-order valence-corrected chi connectivity index (χ4v) is 3.15. The van der Waals surface area contributed by atoms with Crippen molar-refractivity contribution >= 4 is 0 Å². The molecule has 1 atom stereocenters. The first kappa shape index (κ1) is 12.1. The molecular formula is C13H21N3O2. The maximum absolute atomic E-state index is 9.62. The van der Waals surface area contributed by atoms with Crippen LogP contribution in [0.5, 0.6) is 0 Å². The van der Waals surface area contributed by atoms with E-state index in [4.69, 9.17) is 5.11 Å². The van der Waals surface area contributed by atoms with Crippen molar-refractivity contribution in [2.45, 2.75) is 50.9 Å². The van der Waals surface area contributed by atoms with Crippen LogP contribution in [0.1, 0.15) is 43.2 Å². The Labute approximate surface area is 107 Å². The van der Waals surface area contributed by atoms with E-state index < -0.39 is 6.10 Å². The molecule has 0 spiro atoms. The molecule has 1 saturated carbocycles. The SMILES string of the molecule is OC[C@@H](O)c1cc2n(n1)CCN(C1CCCC1)C2. The summed E-state index contributed by atoms with van der Waals surface area (Å²) in [6.45, 7) is 2.61. The Morgan fingerprint density at radius 1 is 1.33 bits per heavy atom. The van der Waals surface area contributed by atoms with Gasteiger partial charge in [0.2, 0.25) is 0 Å². The van der Waals surface area contributed by atoms with Gasteiger partial charge in [-0.3, -0.25) is 9.58 Å². The smallest absolute Gasteiger partial charge is 0.121 e. The topological polar surface area (TPSA) is 61.5 Å². The van der Waals surface area contributed by atoms with E-state index in [0.717, 1.165) is 31.4 Å². The molecular weight excluding hydrogens is 230 g/mol. The molecule has 2 aliphatic rings. The Bertz CT molecular complexity index is 412. The summed E-state index contributed by atoms with van der Waals surface area (Å²) in [5.41, 5.74) is 1.76. The quantitative estimate of drug-likeness (QED) is 0.829. The summed E-state index contributed by atoms with van der Waals surface area (Å²) in [5, 5.41) is 22.9. The third kappa shape index (κ3) is 2.18. The van der Waals surface area contributed by atoms with Crippen LogP contribution in [-0.2, 0) is 13.1 Å². The normalized spacial score (nSPS) is 23.2. The Balaban J connectivity index is 1.73. The first-order valence-corrected chi connectivity index (χ1v) is 6.87. The number of nitrogens with zero attached hydrogens (tertiary/aromatic N) is 3. The highest BCUT2D eigenvalue weighted by atomic mass is 16.3. The van der Waals surface area contributed by atoms with Crippen molar-refractivity contribution < 1.29 is 10.2 Å². The monoisotopic (exact) mass is 251 g/mol. The molecule has 1 fully saturated rings. The van der Waals surface area contributed by atoms with E-state index >= 15 is 0 Å². The van der Waals surface area contributed by atoms with Crippen LogP contribution in [0, 0.1) is 0 Å². The lowest BCUT2D eigenvalue weighted by Gasteiger charge is -2.32. The lowest BCUT2D eigenvalue weighted by atomic mass is 10.1. The van der Waals surface area contributed by atoms with Crippen molar-refractivity contribution in [2.24, 2.45) is 0 Å². The first-order valence-electron chi connectivity index (χ1n) is 6.87. The minimum absolute atomic E-state index is 0.261. The van der Waals surface area contributed by atoms with Crippen LogP contribution >= 0.6 is 0 Å². The zero-order chi connectivity index (χ0) is 12.5. The van der Waals surface area contributed by atoms with Crippen LogP contribution in [0.2, 0.25) is 0 Å². The molecule has 0 radical (unpaired) electrons. The van der Waals surface area contributed by atoms with Crippen LogP contribution in [-0.4, -0.2) is 44.1 Å². The molecule has 100 valence electrons. The molecule has 5 heteroatoms. The van der Waals surface area contributed by atoms with E-state index in [2.05, 4.69) is 10.00 Å². The van der Waals surface area contributed by atoms with E-state index in [0.29, 0.717) is 5.69 Å². The molecule has 1 aromatic heterocycles. The Hall–Kier alpha value is -0.910. The summed E-state index contributed by atoms with van der Waals surface area (Å²) in [6, 6.07) is 2.67. The van der Waals surface area contributed by atoms with Crippen LogP contribution in [0.25, 0.3) is 0 Å². The van der Waals surface area contributed by atoms with Crippen LogP contribution < -0.4 is 0 Å². The largest absolute Gasteiger partial charge is 0.393 e. The van der Waals surface area contributed by atoms with Gasteiger partial charge in [0, 0.05) is 19.1 Å². The summed E-state index contributed by atoms with van der Waals surface area (Å²) in [6.07, 6.45) is 4.51. The summed E-state index contributed by atoms with van der Waals surface area (Å²) in [4.78, 5) is 2.54. The second kappa shape index (κ2) is 4.99. The molecule has 0 unspecified atom stereocenters. The molecule has 1 aromatic rings. The second-order valence-corrected chi connectivity index (χ2v) is 5.39. The fourth-order valence-electron chi connectivity index (χ4n) is 3.15. The summed E-state index contributed by atoms with van der Waals surface area (Å²) < 4.78 is 1.97. The van der Waals surface area contributed by atoms with Crippen LogP contribution in [0.3, 0.4) is 0 Å². The predicted molar refractivity (Wildman–Crippen MR) is 66.9 cm³/mol. The number of aliphatic hydroxyl groups is 2. The van der Waals surface area contributed by atoms with E-state index in [1.54, 1.807) is 0 Å². The van der Waals surface area contributed by atoms with Gasteiger partial charge in [0.1, 0.15) is 6.10 Å². The van der Waals surface area contributed by atoms with Gasteiger partial charge in [0.25, 0.3) is 0 Å². The number of hydrogen-bond acceptors (Lipinski definition) is 4. The molecule has 2 N–H and O–H groups in total. The minimum atomic E-state index is -0.844. The van der Waals surface area contributed by atoms with Crippen molar-refractivity contribution in [1.82, 2.24) is 14.7 Å². The molecule has 5 nitrogen and oxygen atoms in total. The molecule has 0 aromatic carbocycles. The third-order valence-electron chi connectivity index (χ3n) is 4.20. The second-order valence-electron chi connectivity index (χ2n) is 5.39. The standard InChI is InChI=1S/C13H21N3O2/c17-9-13(18)12-7-11-8-15(5-6-16(11)14-12)10-3-1-2-4-10/h7,10,13,17-18H,1-6,8-9H2/t13-/m1/s1. The van der Waals surface area contributed by atoms with E-state index in [1.807, 2.05) is 10.7 Å². The molecule has 0 amide bonds. The van der Waals surface area contributed by atoms with Crippen molar-refractivity contribution in [3.8, 4) is 0 Å². The number of aliphatic hydroxyl groups excluding tert-OH is 2. The van der Waals surface area contributed by atoms with Gasteiger partial charge in [-0.1, -0.05) is 12.8 Å². The number of hydrogen-bond donors (Lipinski definition) is 2. The number of aromatic nitrogens is 2. The molecule has 0 saturated heterocycles. The van der Waals surface area contributed by atoms with Crippen LogP contribution in [0.15, 0.2) is 6.07 Å². The maximum atomic E-state index is 9.62. The van der Waals surface area contributed by atoms with Crippen LogP contribution in [0.4, 0.5) is 0 Å².